The van der Waals surface area contributed by atoms with Gasteiger partial charge in [0.25, 0.3) is 5.91 Å². The van der Waals surface area contributed by atoms with Crippen LogP contribution in [0.3, 0.4) is 0 Å². The van der Waals surface area contributed by atoms with Gasteiger partial charge in [-0.1, -0.05) is 45.0 Å². The number of hydrogen-bond donors (Lipinski definition) is 1. The fraction of sp³-hybridized carbons (Fsp3) is 0.412. The zero-order valence-electron chi connectivity index (χ0n) is 13.7. The number of hydrogen-bond acceptors (Lipinski definition) is 2. The van der Waals surface area contributed by atoms with Gasteiger partial charge in [-0.15, -0.1) is 0 Å². The molecule has 2 rings (SSSR count). The number of amides is 1. The first-order chi connectivity index (χ1) is 10.6. The lowest BCUT2D eigenvalue weighted by atomic mass is 9.86. The Balaban J connectivity index is 2.17. The molecule has 2 aromatic rings. The normalized spacial score (nSPS) is 12.3. The summed E-state index contributed by atoms with van der Waals surface area (Å²) < 4.78 is 28.9. The second-order valence-corrected chi connectivity index (χ2v) is 6.64. The van der Waals surface area contributed by atoms with Gasteiger partial charge in [-0.2, -0.15) is 8.78 Å². The number of nitrogens with zero attached hydrogens (tertiary/aromatic N) is 2. The lowest BCUT2D eigenvalue weighted by molar-refractivity contribution is -0.158. The van der Waals surface area contributed by atoms with Crippen LogP contribution >= 0.6 is 0 Å². The zero-order chi connectivity index (χ0) is 17.3. The molecule has 1 heterocycles. The highest BCUT2D eigenvalue weighted by atomic mass is 19.3. The molecule has 1 aromatic heterocycles. The molecule has 0 bridgehead atoms. The molecular weight excluding hydrogens is 300 g/mol. The molecular formula is C17H21F2N3O. The fourth-order valence-corrected chi connectivity index (χ4v) is 2.24. The van der Waals surface area contributed by atoms with Gasteiger partial charge in [0.15, 0.2) is 0 Å². The number of carbonyl (C=O) groups excluding carboxylic acids is 1. The highest BCUT2D eigenvalue weighted by molar-refractivity contribution is 5.84. The molecule has 6 heteroatoms. The summed E-state index contributed by atoms with van der Waals surface area (Å²) in [5.74, 6) is -4.80. The van der Waals surface area contributed by atoms with Crippen molar-refractivity contribution >= 4 is 5.91 Å². The third kappa shape index (κ3) is 3.75. The summed E-state index contributed by atoms with van der Waals surface area (Å²) >= 11 is 0. The average Bonchev–Trinajstić information content (AvgIpc) is 2.98. The van der Waals surface area contributed by atoms with Gasteiger partial charge in [0.2, 0.25) is 0 Å². The van der Waals surface area contributed by atoms with Crippen molar-refractivity contribution < 1.29 is 13.6 Å². The van der Waals surface area contributed by atoms with Crippen LogP contribution in [0.2, 0.25) is 0 Å². The van der Waals surface area contributed by atoms with E-state index in [9.17, 15) is 13.6 Å². The second kappa shape index (κ2) is 6.10. The molecule has 1 N–H and O–H groups in total. The Morgan fingerprint density at radius 2 is 1.74 bits per heavy atom. The number of alkyl halides is 2. The first kappa shape index (κ1) is 17.1. The number of aromatic nitrogens is 2. The van der Waals surface area contributed by atoms with Crippen molar-refractivity contribution in [3.05, 3.63) is 53.6 Å². The molecule has 1 amide bonds. The van der Waals surface area contributed by atoms with Crippen molar-refractivity contribution in [2.45, 2.75) is 38.7 Å². The van der Waals surface area contributed by atoms with E-state index in [0.717, 1.165) is 10.5 Å². The number of nitrogens with one attached hydrogen (secondary N) is 1. The molecule has 23 heavy (non-hydrogen) atoms. The van der Waals surface area contributed by atoms with Gasteiger partial charge in [0.05, 0.1) is 18.6 Å². The molecule has 0 unspecified atom stereocenters. The van der Waals surface area contributed by atoms with Crippen molar-refractivity contribution in [2.24, 2.45) is 0 Å². The molecule has 0 saturated carbocycles. The van der Waals surface area contributed by atoms with Crippen molar-refractivity contribution in [1.29, 1.82) is 0 Å². The van der Waals surface area contributed by atoms with Crippen LogP contribution in [0.15, 0.2) is 36.8 Å². The Hall–Kier alpha value is -2.24. The molecule has 0 atom stereocenters. The Labute approximate surface area is 134 Å². The van der Waals surface area contributed by atoms with E-state index < -0.39 is 11.8 Å². The number of carbonyl (C=O) groups is 1. The summed E-state index contributed by atoms with van der Waals surface area (Å²) in [5.41, 5.74) is 1.11. The fourth-order valence-electron chi connectivity index (χ4n) is 2.24. The molecule has 124 valence electrons. The molecule has 0 aliphatic carbocycles. The molecule has 0 saturated heterocycles. The minimum Gasteiger partial charge on any atom is -0.347 e. The summed E-state index contributed by atoms with van der Waals surface area (Å²) in [4.78, 5) is 19.7. The van der Waals surface area contributed by atoms with E-state index >= 15 is 0 Å². The molecule has 0 spiro atoms. The Bertz CT molecular complexity index is 658. The smallest absolute Gasteiger partial charge is 0.347 e. The first-order valence-corrected chi connectivity index (χ1v) is 7.34. The van der Waals surface area contributed by atoms with Crippen LogP contribution in [0.1, 0.15) is 37.6 Å². The van der Waals surface area contributed by atoms with E-state index in [1.807, 2.05) is 20.8 Å². The van der Waals surface area contributed by atoms with Gasteiger partial charge in [0, 0.05) is 18.8 Å². The first-order valence-electron chi connectivity index (χ1n) is 7.34. The summed E-state index contributed by atoms with van der Waals surface area (Å²) in [7, 11) is 1.35. The van der Waals surface area contributed by atoms with Crippen LogP contribution in [-0.4, -0.2) is 27.8 Å². The van der Waals surface area contributed by atoms with E-state index in [1.54, 1.807) is 12.1 Å². The second-order valence-electron chi connectivity index (χ2n) is 6.64. The highest BCUT2D eigenvalue weighted by Crippen LogP contribution is 2.32. The summed E-state index contributed by atoms with van der Waals surface area (Å²) in [5, 5.41) is 0. The maximum atomic E-state index is 14.4. The molecule has 0 aliphatic rings. The molecule has 0 fully saturated rings. The van der Waals surface area contributed by atoms with Crippen molar-refractivity contribution in [2.75, 3.05) is 7.05 Å². The number of H-pyrrole nitrogens is 1. The highest BCUT2D eigenvalue weighted by Gasteiger charge is 2.43. The molecule has 0 radical (unpaired) electrons. The van der Waals surface area contributed by atoms with Crippen LogP contribution in [0.4, 0.5) is 8.78 Å². The summed E-state index contributed by atoms with van der Waals surface area (Å²) in [6, 6.07) is 5.93. The average molecular weight is 321 g/mol. The number of likely N-dealkylation sites (N-methyl/N-ethyl adjacent to an activating group) is 1. The van der Waals surface area contributed by atoms with Gasteiger partial charge < -0.3 is 9.88 Å². The molecule has 1 aromatic carbocycles. The van der Waals surface area contributed by atoms with Crippen molar-refractivity contribution in [1.82, 2.24) is 14.9 Å². The molecule has 4 nitrogen and oxygen atoms in total. The topological polar surface area (TPSA) is 49.0 Å². The number of benzene rings is 1. The van der Waals surface area contributed by atoms with Crippen LogP contribution in [0, 0.1) is 0 Å². The lowest BCUT2D eigenvalue weighted by Crippen LogP contribution is -2.39. The van der Waals surface area contributed by atoms with Crippen LogP contribution in [0.25, 0.3) is 0 Å². The van der Waals surface area contributed by atoms with E-state index in [2.05, 4.69) is 9.97 Å². The summed E-state index contributed by atoms with van der Waals surface area (Å²) in [6.45, 7) is 6.06. The SMILES string of the molecule is CN(Cc1cnc[nH]1)C(=O)C(F)(F)c1ccc(C(C)(C)C)cc1. The lowest BCUT2D eigenvalue weighted by Gasteiger charge is -2.24. The van der Waals surface area contributed by atoms with Gasteiger partial charge in [-0.3, -0.25) is 4.79 Å². The van der Waals surface area contributed by atoms with Gasteiger partial charge >= 0.3 is 5.92 Å². The zero-order valence-corrected chi connectivity index (χ0v) is 13.7. The predicted molar refractivity (Wildman–Crippen MR) is 84.1 cm³/mol. The number of halogens is 2. The van der Waals surface area contributed by atoms with Crippen LogP contribution in [0.5, 0.6) is 0 Å². The third-order valence-electron chi connectivity index (χ3n) is 3.69. The maximum Gasteiger partial charge on any atom is 0.349 e. The third-order valence-corrected chi connectivity index (χ3v) is 3.69. The standard InChI is InChI=1S/C17H21F2N3O/c1-16(2,3)12-5-7-13(8-6-12)17(18,19)15(23)22(4)10-14-9-20-11-21-14/h5-9,11H,10H2,1-4H3,(H,20,21). The van der Waals surface area contributed by atoms with Gasteiger partial charge in [-0.05, 0) is 11.0 Å². The Kier molecular flexibility index (Phi) is 4.54. The van der Waals surface area contributed by atoms with Crippen molar-refractivity contribution in [3.63, 3.8) is 0 Å². The predicted octanol–water partition coefficient (Wildman–Crippen LogP) is 3.46. The number of imidazole rings is 1. The largest absolute Gasteiger partial charge is 0.349 e. The van der Waals surface area contributed by atoms with Crippen LogP contribution < -0.4 is 0 Å². The van der Waals surface area contributed by atoms with E-state index in [4.69, 9.17) is 0 Å². The summed E-state index contributed by atoms with van der Waals surface area (Å²) in [6.07, 6.45) is 2.94. The maximum absolute atomic E-state index is 14.4. The number of rotatable bonds is 4. The number of aromatic amines is 1. The van der Waals surface area contributed by atoms with E-state index in [0.29, 0.717) is 5.69 Å². The van der Waals surface area contributed by atoms with E-state index in [-0.39, 0.29) is 17.5 Å². The quantitative estimate of drug-likeness (QED) is 0.937. The van der Waals surface area contributed by atoms with Crippen molar-refractivity contribution in [3.8, 4) is 0 Å². The Morgan fingerprint density at radius 3 is 2.22 bits per heavy atom. The molecule has 0 aliphatic heterocycles. The Morgan fingerprint density at radius 1 is 1.17 bits per heavy atom. The minimum absolute atomic E-state index is 0.0501. The van der Waals surface area contributed by atoms with Gasteiger partial charge in [0.1, 0.15) is 0 Å². The van der Waals surface area contributed by atoms with Crippen LogP contribution in [-0.2, 0) is 22.7 Å². The monoisotopic (exact) mass is 321 g/mol. The minimum atomic E-state index is -3.56. The van der Waals surface area contributed by atoms with E-state index in [1.165, 1.54) is 31.7 Å². The van der Waals surface area contributed by atoms with Gasteiger partial charge in [-0.25, -0.2) is 4.98 Å².